The van der Waals surface area contributed by atoms with Crippen molar-refractivity contribution in [3.63, 3.8) is 0 Å². The molecule has 0 saturated carbocycles. The van der Waals surface area contributed by atoms with Gasteiger partial charge in [-0.1, -0.05) is 11.1 Å². The molecule has 0 radical (unpaired) electrons. The highest BCUT2D eigenvalue weighted by Crippen LogP contribution is 2.28. The highest BCUT2D eigenvalue weighted by atomic mass is 16.3. The van der Waals surface area contributed by atoms with E-state index < -0.39 is 0 Å². The summed E-state index contributed by atoms with van der Waals surface area (Å²) in [5.41, 5.74) is 2.92. The minimum absolute atomic E-state index is 0.0582. The van der Waals surface area contributed by atoms with Crippen LogP contribution in [-0.2, 0) is 0 Å². The summed E-state index contributed by atoms with van der Waals surface area (Å²) in [5.74, 6) is 0. The molecule has 1 heterocycles. The fourth-order valence-electron chi connectivity index (χ4n) is 1.69. The molecular formula is C7H11NO. The van der Waals surface area contributed by atoms with Gasteiger partial charge in [-0.15, -0.1) is 0 Å². The number of aliphatic hydroxyl groups is 1. The van der Waals surface area contributed by atoms with E-state index in [9.17, 15) is 0 Å². The van der Waals surface area contributed by atoms with Crippen molar-refractivity contribution in [2.45, 2.75) is 18.9 Å². The second kappa shape index (κ2) is 1.82. The molecule has 0 aromatic heterocycles. The first-order valence-corrected chi connectivity index (χ1v) is 3.45. The molecule has 2 aliphatic rings. The summed E-state index contributed by atoms with van der Waals surface area (Å²) in [5, 5.41) is 12.4. The number of nitrogens with one attached hydrogen (secondary N) is 1. The molecule has 0 fully saturated rings. The third kappa shape index (κ3) is 0.787. The Kier molecular flexibility index (Phi) is 1.10. The van der Waals surface area contributed by atoms with Crippen LogP contribution in [0.25, 0.3) is 0 Å². The van der Waals surface area contributed by atoms with Crippen molar-refractivity contribution in [2.24, 2.45) is 0 Å². The molecular weight excluding hydrogens is 114 g/mol. The number of rotatable bonds is 0. The van der Waals surface area contributed by atoms with E-state index in [2.05, 4.69) is 5.32 Å². The molecule has 0 aromatic carbocycles. The van der Waals surface area contributed by atoms with Crippen molar-refractivity contribution in [3.8, 4) is 0 Å². The monoisotopic (exact) mass is 125 g/mol. The minimum atomic E-state index is -0.0582. The lowest BCUT2D eigenvalue weighted by molar-refractivity contribution is 0.184. The molecule has 0 saturated heterocycles. The summed E-state index contributed by atoms with van der Waals surface area (Å²) in [6, 6.07) is 0. The minimum Gasteiger partial charge on any atom is -0.392 e. The summed E-state index contributed by atoms with van der Waals surface area (Å²) in [6.45, 7) is 2.04. The quantitative estimate of drug-likeness (QED) is 0.448. The first kappa shape index (κ1) is 5.45. The van der Waals surface area contributed by atoms with Crippen LogP contribution in [0.5, 0.6) is 0 Å². The maximum atomic E-state index is 9.17. The predicted octanol–water partition coefficient (Wildman–Crippen LogP) is 0.0409. The Morgan fingerprint density at radius 3 is 2.33 bits per heavy atom. The first-order valence-electron chi connectivity index (χ1n) is 3.45. The Bertz CT molecular complexity index is 146. The molecule has 2 N–H and O–H groups in total. The molecule has 0 atom stereocenters. The molecule has 0 bridgehead atoms. The average molecular weight is 125 g/mol. The Labute approximate surface area is 54.6 Å². The predicted molar refractivity (Wildman–Crippen MR) is 35.1 cm³/mol. The van der Waals surface area contributed by atoms with Crippen molar-refractivity contribution >= 4 is 0 Å². The van der Waals surface area contributed by atoms with Gasteiger partial charge in [-0.25, -0.2) is 0 Å². The van der Waals surface area contributed by atoms with E-state index in [0.717, 1.165) is 25.9 Å². The molecule has 2 rings (SSSR count). The fourth-order valence-corrected chi connectivity index (χ4v) is 1.69. The Morgan fingerprint density at radius 1 is 1.22 bits per heavy atom. The summed E-state index contributed by atoms with van der Waals surface area (Å²) < 4.78 is 0. The lowest BCUT2D eigenvalue weighted by Gasteiger charge is -2.02. The van der Waals surface area contributed by atoms with Gasteiger partial charge in [-0.3, -0.25) is 0 Å². The zero-order valence-corrected chi connectivity index (χ0v) is 5.35. The van der Waals surface area contributed by atoms with E-state index in [-0.39, 0.29) is 6.10 Å². The molecule has 1 aliphatic carbocycles. The normalized spacial score (nSPS) is 27.7. The van der Waals surface area contributed by atoms with Gasteiger partial charge in [0.05, 0.1) is 6.10 Å². The van der Waals surface area contributed by atoms with Crippen LogP contribution in [0.1, 0.15) is 12.8 Å². The van der Waals surface area contributed by atoms with Gasteiger partial charge in [0.15, 0.2) is 0 Å². The van der Waals surface area contributed by atoms with Crippen LogP contribution in [0.2, 0.25) is 0 Å². The van der Waals surface area contributed by atoms with Gasteiger partial charge in [0.25, 0.3) is 0 Å². The summed E-state index contributed by atoms with van der Waals surface area (Å²) >= 11 is 0. The van der Waals surface area contributed by atoms with Gasteiger partial charge in [0, 0.05) is 13.1 Å². The van der Waals surface area contributed by atoms with Gasteiger partial charge >= 0.3 is 0 Å². The summed E-state index contributed by atoms with van der Waals surface area (Å²) in [7, 11) is 0. The Balaban J connectivity index is 2.15. The van der Waals surface area contributed by atoms with Crippen molar-refractivity contribution in [1.82, 2.24) is 5.32 Å². The van der Waals surface area contributed by atoms with Crippen LogP contribution in [0, 0.1) is 0 Å². The highest BCUT2D eigenvalue weighted by molar-refractivity contribution is 5.28. The van der Waals surface area contributed by atoms with E-state index >= 15 is 0 Å². The Morgan fingerprint density at radius 2 is 1.78 bits per heavy atom. The number of aliphatic hydroxyl groups excluding tert-OH is 1. The molecule has 9 heavy (non-hydrogen) atoms. The lowest BCUT2D eigenvalue weighted by Crippen LogP contribution is -2.14. The molecule has 2 nitrogen and oxygen atoms in total. The molecule has 0 amide bonds. The average Bonchev–Trinajstić information content (AvgIpc) is 2.22. The third-order valence-corrected chi connectivity index (χ3v) is 2.14. The largest absolute Gasteiger partial charge is 0.392 e. The smallest absolute Gasteiger partial charge is 0.0615 e. The highest BCUT2D eigenvalue weighted by Gasteiger charge is 2.24. The number of hydrogen-bond acceptors (Lipinski definition) is 2. The van der Waals surface area contributed by atoms with Crippen LogP contribution < -0.4 is 5.32 Å². The Hall–Kier alpha value is -0.340. The first-order chi connectivity index (χ1) is 4.36. The van der Waals surface area contributed by atoms with Crippen molar-refractivity contribution < 1.29 is 5.11 Å². The molecule has 1 aliphatic heterocycles. The van der Waals surface area contributed by atoms with Gasteiger partial charge in [-0.05, 0) is 12.8 Å². The number of hydrogen-bond donors (Lipinski definition) is 2. The zero-order valence-electron chi connectivity index (χ0n) is 5.35. The topological polar surface area (TPSA) is 32.3 Å². The lowest BCUT2D eigenvalue weighted by atomic mass is 10.2. The van der Waals surface area contributed by atoms with Crippen molar-refractivity contribution in [1.29, 1.82) is 0 Å². The van der Waals surface area contributed by atoms with Gasteiger partial charge in [0.2, 0.25) is 0 Å². The van der Waals surface area contributed by atoms with Gasteiger partial charge in [0.1, 0.15) is 0 Å². The second-order valence-corrected chi connectivity index (χ2v) is 2.87. The third-order valence-electron chi connectivity index (χ3n) is 2.14. The molecule has 2 heteroatoms. The summed E-state index contributed by atoms with van der Waals surface area (Å²) in [6.07, 6.45) is 1.78. The van der Waals surface area contributed by atoms with E-state index in [1.54, 1.807) is 0 Å². The maximum absolute atomic E-state index is 9.17. The van der Waals surface area contributed by atoms with Crippen LogP contribution in [0.15, 0.2) is 11.1 Å². The molecule has 0 aromatic rings. The van der Waals surface area contributed by atoms with Gasteiger partial charge in [-0.2, -0.15) is 0 Å². The molecule has 0 spiro atoms. The molecule has 50 valence electrons. The van der Waals surface area contributed by atoms with E-state index in [0.29, 0.717) is 0 Å². The van der Waals surface area contributed by atoms with Gasteiger partial charge < -0.3 is 10.4 Å². The SMILES string of the molecule is OC1CC2=C(CNC2)C1. The zero-order chi connectivity index (χ0) is 6.27. The standard InChI is InChI=1S/C7H11NO/c9-7-1-5-3-8-4-6(5)2-7/h7-9H,1-4H2. The van der Waals surface area contributed by atoms with Crippen molar-refractivity contribution in [2.75, 3.05) is 13.1 Å². The van der Waals surface area contributed by atoms with Crippen LogP contribution in [-0.4, -0.2) is 24.3 Å². The fraction of sp³-hybridized carbons (Fsp3) is 0.714. The van der Waals surface area contributed by atoms with Crippen LogP contribution >= 0.6 is 0 Å². The molecule has 0 unspecified atom stereocenters. The van der Waals surface area contributed by atoms with Crippen molar-refractivity contribution in [3.05, 3.63) is 11.1 Å². The summed E-state index contributed by atoms with van der Waals surface area (Å²) in [4.78, 5) is 0. The van der Waals surface area contributed by atoms with E-state index in [1.165, 1.54) is 11.1 Å². The van der Waals surface area contributed by atoms with Crippen LogP contribution in [0.3, 0.4) is 0 Å². The van der Waals surface area contributed by atoms with E-state index in [1.807, 2.05) is 0 Å². The van der Waals surface area contributed by atoms with Crippen LogP contribution in [0.4, 0.5) is 0 Å². The second-order valence-electron chi connectivity index (χ2n) is 2.87. The maximum Gasteiger partial charge on any atom is 0.0615 e. The van der Waals surface area contributed by atoms with E-state index in [4.69, 9.17) is 5.11 Å².